The van der Waals surface area contributed by atoms with Crippen molar-refractivity contribution in [3.05, 3.63) is 77.3 Å². The van der Waals surface area contributed by atoms with Crippen LogP contribution in [0.2, 0.25) is 0 Å². The van der Waals surface area contributed by atoms with Gasteiger partial charge in [-0.3, -0.25) is 0 Å². The summed E-state index contributed by atoms with van der Waals surface area (Å²) >= 11 is 0. The van der Waals surface area contributed by atoms with Crippen LogP contribution in [0, 0.1) is 5.82 Å². The van der Waals surface area contributed by atoms with Gasteiger partial charge >= 0.3 is 6.18 Å². The summed E-state index contributed by atoms with van der Waals surface area (Å²) in [6.07, 6.45) is -1.73. The normalized spacial score (nSPS) is 30.1. The molecule has 1 aliphatic carbocycles. The van der Waals surface area contributed by atoms with E-state index in [2.05, 4.69) is 0 Å². The molecule has 32 heavy (non-hydrogen) atoms. The van der Waals surface area contributed by atoms with E-state index in [1.807, 2.05) is 0 Å². The molecule has 0 spiro atoms. The van der Waals surface area contributed by atoms with Gasteiger partial charge in [-0.05, 0) is 37.3 Å². The van der Waals surface area contributed by atoms with Gasteiger partial charge in [-0.25, -0.2) is 4.39 Å². The summed E-state index contributed by atoms with van der Waals surface area (Å²) in [5, 5.41) is 31.8. The van der Waals surface area contributed by atoms with E-state index in [1.165, 1.54) is 30.1 Å². The van der Waals surface area contributed by atoms with Crippen LogP contribution in [-0.2, 0) is 5.41 Å². The van der Waals surface area contributed by atoms with Crippen LogP contribution in [0.4, 0.5) is 23.2 Å². The second kappa shape index (κ2) is 7.27. The Morgan fingerprint density at radius 2 is 1.78 bits per heavy atom. The minimum Gasteiger partial charge on any atom is -0.510 e. The fraction of sp³-hybridized carbons (Fsp3) is 0.333. The number of benzene rings is 2. The Kier molecular flexibility index (Phi) is 5.04. The summed E-state index contributed by atoms with van der Waals surface area (Å²) < 4.78 is 57.2. The van der Waals surface area contributed by atoms with Crippen molar-refractivity contribution in [2.45, 2.75) is 49.5 Å². The lowest BCUT2D eigenvalue weighted by atomic mass is 9.66. The number of aliphatic hydroxyl groups is 2. The van der Waals surface area contributed by atoms with E-state index < -0.39 is 41.5 Å². The summed E-state index contributed by atoms with van der Waals surface area (Å²) in [4.78, 5) is 1.35. The van der Waals surface area contributed by atoms with E-state index >= 15 is 0 Å². The van der Waals surface area contributed by atoms with Crippen LogP contribution in [0.5, 0.6) is 5.75 Å². The molecule has 0 bridgehead atoms. The maximum absolute atomic E-state index is 14.4. The van der Waals surface area contributed by atoms with Gasteiger partial charge in [0.15, 0.2) is 5.60 Å². The molecule has 4 rings (SSSR count). The predicted octanol–water partition coefficient (Wildman–Crippen LogP) is 5.22. The molecule has 3 N–H and O–H groups in total. The largest absolute Gasteiger partial charge is 0.510 e. The number of hydrogen-bond acceptors (Lipinski definition) is 4. The molecule has 4 nitrogen and oxygen atoms in total. The quantitative estimate of drug-likeness (QED) is 0.435. The maximum atomic E-state index is 14.4. The van der Waals surface area contributed by atoms with Gasteiger partial charge in [-0.2, -0.15) is 13.2 Å². The number of anilines is 1. The molecule has 8 heteroatoms. The number of alkyl halides is 3. The van der Waals surface area contributed by atoms with Crippen molar-refractivity contribution < 1.29 is 32.9 Å². The maximum Gasteiger partial charge on any atom is 0.419 e. The molecule has 2 aromatic rings. The first-order chi connectivity index (χ1) is 14.9. The third-order valence-corrected chi connectivity index (χ3v) is 6.50. The first kappa shape index (κ1) is 22.2. The third kappa shape index (κ3) is 3.33. The van der Waals surface area contributed by atoms with Crippen molar-refractivity contribution in [1.29, 1.82) is 0 Å². The zero-order valence-corrected chi connectivity index (χ0v) is 17.4. The van der Waals surface area contributed by atoms with Crippen molar-refractivity contribution in [2.24, 2.45) is 0 Å². The zero-order chi connectivity index (χ0) is 23.5. The van der Waals surface area contributed by atoms with Crippen LogP contribution < -0.4 is 4.90 Å². The molecule has 170 valence electrons. The summed E-state index contributed by atoms with van der Waals surface area (Å²) in [6, 6.07) is 7.33. The van der Waals surface area contributed by atoms with Gasteiger partial charge in [-0.1, -0.05) is 37.3 Å². The molecule has 4 unspecified atom stereocenters. The molecule has 1 aliphatic heterocycles. The van der Waals surface area contributed by atoms with E-state index in [4.69, 9.17) is 0 Å². The van der Waals surface area contributed by atoms with Gasteiger partial charge in [0.05, 0.1) is 12.1 Å². The number of para-hydroxylation sites is 1. The average molecular weight is 449 g/mol. The third-order valence-electron chi connectivity index (χ3n) is 6.50. The summed E-state index contributed by atoms with van der Waals surface area (Å²) in [6.45, 7) is 2.97. The number of phenolic OH excluding ortho intramolecular Hbond substituents is 1. The Bertz CT molecular complexity index is 1110. The van der Waals surface area contributed by atoms with E-state index in [9.17, 15) is 32.9 Å². The zero-order valence-electron chi connectivity index (χ0n) is 17.4. The number of allylic oxidation sites excluding steroid dienone is 1. The van der Waals surface area contributed by atoms with Crippen LogP contribution in [0.1, 0.15) is 31.4 Å². The molecular formula is C24H23F4NO3. The Balaban J connectivity index is 1.89. The molecule has 0 amide bonds. The van der Waals surface area contributed by atoms with Crippen LogP contribution >= 0.6 is 0 Å². The smallest absolute Gasteiger partial charge is 0.419 e. The minimum absolute atomic E-state index is 0.0512. The molecule has 1 heterocycles. The van der Waals surface area contributed by atoms with Crippen molar-refractivity contribution in [2.75, 3.05) is 4.90 Å². The predicted molar refractivity (Wildman–Crippen MR) is 113 cm³/mol. The Morgan fingerprint density at radius 1 is 1.09 bits per heavy atom. The summed E-state index contributed by atoms with van der Waals surface area (Å²) in [7, 11) is 0. The van der Waals surface area contributed by atoms with Gasteiger partial charge < -0.3 is 20.2 Å². The monoisotopic (exact) mass is 449 g/mol. The SMILES string of the molecule is CC1C(O)=Cc2ccccc2N1C1C=CC(C)(c2cc(F)ccc2O)CC1(O)C(F)(F)F. The Labute approximate surface area is 182 Å². The molecular weight excluding hydrogens is 426 g/mol. The van der Waals surface area contributed by atoms with Crippen LogP contribution in [0.15, 0.2) is 60.4 Å². The first-order valence-corrected chi connectivity index (χ1v) is 10.1. The molecule has 0 aromatic heterocycles. The lowest BCUT2D eigenvalue weighted by Crippen LogP contribution is -2.66. The Morgan fingerprint density at radius 3 is 2.47 bits per heavy atom. The number of hydrogen-bond donors (Lipinski definition) is 3. The molecule has 0 radical (unpaired) electrons. The second-order valence-corrected chi connectivity index (χ2v) is 8.69. The number of phenols is 1. The molecule has 0 fully saturated rings. The molecule has 0 saturated carbocycles. The topological polar surface area (TPSA) is 63.9 Å². The van der Waals surface area contributed by atoms with Crippen molar-refractivity contribution >= 4 is 11.8 Å². The van der Waals surface area contributed by atoms with Crippen molar-refractivity contribution in [3.63, 3.8) is 0 Å². The highest BCUT2D eigenvalue weighted by Crippen LogP contribution is 2.51. The molecule has 0 saturated heterocycles. The highest BCUT2D eigenvalue weighted by molar-refractivity contribution is 5.74. The van der Waals surface area contributed by atoms with Gasteiger partial charge in [0.2, 0.25) is 0 Å². The number of halogens is 4. The van der Waals surface area contributed by atoms with Crippen LogP contribution in [0.3, 0.4) is 0 Å². The van der Waals surface area contributed by atoms with Gasteiger partial charge in [0.25, 0.3) is 0 Å². The summed E-state index contributed by atoms with van der Waals surface area (Å²) in [5.74, 6) is -1.20. The number of aromatic hydroxyl groups is 1. The highest BCUT2D eigenvalue weighted by atomic mass is 19.4. The van der Waals surface area contributed by atoms with Gasteiger partial charge in [0.1, 0.15) is 17.3 Å². The van der Waals surface area contributed by atoms with E-state index in [1.54, 1.807) is 31.2 Å². The van der Waals surface area contributed by atoms with Crippen molar-refractivity contribution in [1.82, 2.24) is 0 Å². The second-order valence-electron chi connectivity index (χ2n) is 8.69. The van der Waals surface area contributed by atoms with Crippen LogP contribution in [0.25, 0.3) is 6.08 Å². The molecule has 2 aliphatic rings. The lowest BCUT2D eigenvalue weighted by molar-refractivity contribution is -0.271. The van der Waals surface area contributed by atoms with Gasteiger partial charge in [-0.15, -0.1) is 0 Å². The fourth-order valence-corrected chi connectivity index (χ4v) is 4.79. The molecule has 2 aromatic carbocycles. The number of rotatable bonds is 2. The number of aliphatic hydroxyl groups excluding tert-OH is 1. The average Bonchev–Trinajstić information content (AvgIpc) is 2.71. The Hall–Kier alpha value is -3.00. The lowest BCUT2D eigenvalue weighted by Gasteiger charge is -2.52. The molecule has 4 atom stereocenters. The van der Waals surface area contributed by atoms with E-state index in [-0.39, 0.29) is 17.1 Å². The van der Waals surface area contributed by atoms with E-state index in [0.29, 0.717) is 11.3 Å². The number of nitrogens with zero attached hydrogens (tertiary/aromatic N) is 1. The van der Waals surface area contributed by atoms with Crippen LogP contribution in [-0.4, -0.2) is 39.2 Å². The standard InChI is InChI=1S/C24H23F4NO3/c1-14-20(31)11-15-5-3-4-6-18(15)29(14)21-9-10-22(2,13-23(21,32)24(26,27)28)17-12-16(25)7-8-19(17)30/h3-12,14,21,30-32H,13H2,1-2H3. The van der Waals surface area contributed by atoms with E-state index in [0.717, 1.165) is 18.2 Å². The summed E-state index contributed by atoms with van der Waals surface area (Å²) in [5.41, 5.74) is -3.84. The fourth-order valence-electron chi connectivity index (χ4n) is 4.79. The number of fused-ring (bicyclic) bond motifs is 1. The first-order valence-electron chi connectivity index (χ1n) is 10.1. The minimum atomic E-state index is -5.06. The highest BCUT2D eigenvalue weighted by Gasteiger charge is 2.64. The van der Waals surface area contributed by atoms with Gasteiger partial charge in [0, 0.05) is 28.7 Å². The van der Waals surface area contributed by atoms with Crippen molar-refractivity contribution in [3.8, 4) is 5.75 Å².